The van der Waals surface area contributed by atoms with E-state index in [1.165, 1.54) is 5.56 Å². The molecule has 0 amide bonds. The number of benzene rings is 2. The van der Waals surface area contributed by atoms with Gasteiger partial charge in [-0.05, 0) is 43.3 Å². The standard InChI is InChI=1S/C17H21ClN2/c1-20(13-14-5-3-2-4-6-14)12-11-17(19)15-7-9-16(18)10-8-15/h2-10,17H,11-13,19H2,1H3. The molecule has 2 N–H and O–H groups in total. The van der Waals surface area contributed by atoms with Crippen LogP contribution in [-0.2, 0) is 6.54 Å². The van der Waals surface area contributed by atoms with Crippen molar-refractivity contribution in [3.8, 4) is 0 Å². The van der Waals surface area contributed by atoms with Crippen LogP contribution in [0, 0.1) is 0 Å². The third-order valence-corrected chi connectivity index (χ3v) is 3.67. The first kappa shape index (κ1) is 15.0. The minimum Gasteiger partial charge on any atom is -0.324 e. The minimum atomic E-state index is 0.0606. The third-order valence-electron chi connectivity index (χ3n) is 3.42. The summed E-state index contributed by atoms with van der Waals surface area (Å²) in [6, 6.07) is 18.3. The fourth-order valence-corrected chi connectivity index (χ4v) is 2.34. The van der Waals surface area contributed by atoms with Crippen molar-refractivity contribution in [2.24, 2.45) is 5.73 Å². The zero-order valence-electron chi connectivity index (χ0n) is 11.8. The topological polar surface area (TPSA) is 29.3 Å². The van der Waals surface area contributed by atoms with Crippen molar-refractivity contribution >= 4 is 11.6 Å². The lowest BCUT2D eigenvalue weighted by Gasteiger charge is -2.19. The van der Waals surface area contributed by atoms with E-state index in [4.69, 9.17) is 17.3 Å². The molecule has 2 aromatic carbocycles. The smallest absolute Gasteiger partial charge is 0.0406 e. The highest BCUT2D eigenvalue weighted by molar-refractivity contribution is 6.30. The SMILES string of the molecule is CN(CCC(N)c1ccc(Cl)cc1)Cc1ccccc1. The molecule has 0 saturated carbocycles. The van der Waals surface area contributed by atoms with Crippen molar-refractivity contribution in [2.45, 2.75) is 19.0 Å². The summed E-state index contributed by atoms with van der Waals surface area (Å²) in [6.45, 7) is 1.92. The zero-order chi connectivity index (χ0) is 14.4. The van der Waals surface area contributed by atoms with Gasteiger partial charge in [-0.1, -0.05) is 54.1 Å². The van der Waals surface area contributed by atoms with Crippen molar-refractivity contribution in [1.82, 2.24) is 4.90 Å². The molecule has 0 heterocycles. The highest BCUT2D eigenvalue weighted by atomic mass is 35.5. The van der Waals surface area contributed by atoms with Crippen LogP contribution in [0.2, 0.25) is 5.02 Å². The van der Waals surface area contributed by atoms with E-state index < -0.39 is 0 Å². The molecule has 0 saturated heterocycles. The number of nitrogens with zero attached hydrogens (tertiary/aromatic N) is 1. The summed E-state index contributed by atoms with van der Waals surface area (Å²) in [5, 5.41) is 0.752. The Labute approximate surface area is 126 Å². The average Bonchev–Trinajstić information content (AvgIpc) is 2.46. The van der Waals surface area contributed by atoms with Gasteiger partial charge in [0.1, 0.15) is 0 Å². The van der Waals surface area contributed by atoms with E-state index in [1.807, 2.05) is 30.3 Å². The fourth-order valence-electron chi connectivity index (χ4n) is 2.21. The molecular formula is C17H21ClN2. The van der Waals surface area contributed by atoms with Crippen LogP contribution in [0.4, 0.5) is 0 Å². The number of nitrogens with two attached hydrogens (primary N) is 1. The first-order valence-electron chi connectivity index (χ1n) is 6.88. The first-order valence-corrected chi connectivity index (χ1v) is 7.26. The third kappa shape index (κ3) is 4.64. The molecule has 1 unspecified atom stereocenters. The Hall–Kier alpha value is -1.35. The van der Waals surface area contributed by atoms with Crippen LogP contribution >= 0.6 is 11.6 Å². The van der Waals surface area contributed by atoms with E-state index in [1.54, 1.807) is 0 Å². The average molecular weight is 289 g/mol. The Kier molecular flexibility index (Phi) is 5.60. The second-order valence-electron chi connectivity index (χ2n) is 5.17. The van der Waals surface area contributed by atoms with Crippen molar-refractivity contribution in [3.63, 3.8) is 0 Å². The molecule has 20 heavy (non-hydrogen) atoms. The van der Waals surface area contributed by atoms with E-state index in [0.29, 0.717) is 0 Å². The molecule has 106 valence electrons. The van der Waals surface area contributed by atoms with Crippen LogP contribution in [0.25, 0.3) is 0 Å². The normalized spacial score (nSPS) is 12.6. The molecule has 3 heteroatoms. The largest absolute Gasteiger partial charge is 0.324 e. The summed E-state index contributed by atoms with van der Waals surface area (Å²) in [5.41, 5.74) is 8.69. The molecule has 0 aliphatic carbocycles. The van der Waals surface area contributed by atoms with Crippen molar-refractivity contribution in [3.05, 3.63) is 70.7 Å². The summed E-state index contributed by atoms with van der Waals surface area (Å²) >= 11 is 5.89. The van der Waals surface area contributed by atoms with Gasteiger partial charge in [0.25, 0.3) is 0 Å². The van der Waals surface area contributed by atoms with Gasteiger partial charge in [0, 0.05) is 17.6 Å². The summed E-state index contributed by atoms with van der Waals surface area (Å²) < 4.78 is 0. The molecule has 2 nitrogen and oxygen atoms in total. The number of hydrogen-bond donors (Lipinski definition) is 1. The molecule has 0 aromatic heterocycles. The fraction of sp³-hybridized carbons (Fsp3) is 0.294. The minimum absolute atomic E-state index is 0.0606. The van der Waals surface area contributed by atoms with E-state index in [9.17, 15) is 0 Å². The molecule has 0 radical (unpaired) electrons. The van der Waals surface area contributed by atoms with Crippen LogP contribution in [-0.4, -0.2) is 18.5 Å². The van der Waals surface area contributed by atoms with Crippen molar-refractivity contribution in [1.29, 1.82) is 0 Å². The Balaban J connectivity index is 1.81. The van der Waals surface area contributed by atoms with Gasteiger partial charge in [-0.3, -0.25) is 0 Å². The van der Waals surface area contributed by atoms with E-state index in [-0.39, 0.29) is 6.04 Å². The van der Waals surface area contributed by atoms with Crippen LogP contribution in [0.15, 0.2) is 54.6 Å². The lowest BCUT2D eigenvalue weighted by molar-refractivity contribution is 0.311. The Morgan fingerprint density at radius 2 is 1.70 bits per heavy atom. The van der Waals surface area contributed by atoms with Crippen LogP contribution in [0.5, 0.6) is 0 Å². The second kappa shape index (κ2) is 7.44. The quantitative estimate of drug-likeness (QED) is 0.874. The lowest BCUT2D eigenvalue weighted by atomic mass is 10.0. The van der Waals surface area contributed by atoms with Gasteiger partial charge >= 0.3 is 0 Å². The maximum atomic E-state index is 6.22. The molecule has 2 rings (SSSR count). The van der Waals surface area contributed by atoms with Gasteiger partial charge < -0.3 is 10.6 Å². The number of halogens is 1. The molecule has 0 bridgehead atoms. The number of rotatable bonds is 6. The van der Waals surface area contributed by atoms with Gasteiger partial charge in [-0.2, -0.15) is 0 Å². The molecule has 2 aromatic rings. The second-order valence-corrected chi connectivity index (χ2v) is 5.61. The van der Waals surface area contributed by atoms with Crippen LogP contribution in [0.3, 0.4) is 0 Å². The van der Waals surface area contributed by atoms with E-state index in [0.717, 1.165) is 30.1 Å². The van der Waals surface area contributed by atoms with E-state index in [2.05, 4.69) is 36.2 Å². The Morgan fingerprint density at radius 1 is 1.05 bits per heavy atom. The maximum absolute atomic E-state index is 6.22. The Morgan fingerprint density at radius 3 is 2.35 bits per heavy atom. The monoisotopic (exact) mass is 288 g/mol. The molecule has 0 spiro atoms. The predicted molar refractivity (Wildman–Crippen MR) is 85.8 cm³/mol. The summed E-state index contributed by atoms with van der Waals surface area (Å²) in [4.78, 5) is 2.30. The maximum Gasteiger partial charge on any atom is 0.0406 e. The van der Waals surface area contributed by atoms with Gasteiger partial charge in [0.15, 0.2) is 0 Å². The van der Waals surface area contributed by atoms with Crippen molar-refractivity contribution in [2.75, 3.05) is 13.6 Å². The van der Waals surface area contributed by atoms with Crippen LogP contribution < -0.4 is 5.73 Å². The molecule has 0 aliphatic heterocycles. The molecular weight excluding hydrogens is 268 g/mol. The number of hydrogen-bond acceptors (Lipinski definition) is 2. The Bertz CT molecular complexity index is 510. The predicted octanol–water partition coefficient (Wildman–Crippen LogP) is 3.86. The van der Waals surface area contributed by atoms with Gasteiger partial charge in [-0.15, -0.1) is 0 Å². The van der Waals surface area contributed by atoms with Crippen LogP contribution in [0.1, 0.15) is 23.6 Å². The van der Waals surface area contributed by atoms with Gasteiger partial charge in [-0.25, -0.2) is 0 Å². The summed E-state index contributed by atoms with van der Waals surface area (Å²) in [6.07, 6.45) is 0.935. The molecule has 0 fully saturated rings. The first-order chi connectivity index (χ1) is 9.65. The van der Waals surface area contributed by atoms with Gasteiger partial charge in [0.2, 0.25) is 0 Å². The zero-order valence-corrected chi connectivity index (χ0v) is 12.6. The lowest BCUT2D eigenvalue weighted by Crippen LogP contribution is -2.23. The highest BCUT2D eigenvalue weighted by Crippen LogP contribution is 2.17. The van der Waals surface area contributed by atoms with E-state index >= 15 is 0 Å². The molecule has 0 aliphatic rings. The van der Waals surface area contributed by atoms with Crippen molar-refractivity contribution < 1.29 is 0 Å². The molecule has 1 atom stereocenters. The summed E-state index contributed by atoms with van der Waals surface area (Å²) in [5.74, 6) is 0. The highest BCUT2D eigenvalue weighted by Gasteiger charge is 2.08. The van der Waals surface area contributed by atoms with Gasteiger partial charge in [0.05, 0.1) is 0 Å². The summed E-state index contributed by atoms with van der Waals surface area (Å²) in [7, 11) is 2.13.